The molecule has 2 fully saturated rings. The molecule has 5 atom stereocenters. The summed E-state index contributed by atoms with van der Waals surface area (Å²) in [5, 5.41) is 26.2. The van der Waals surface area contributed by atoms with Crippen LogP contribution in [0.1, 0.15) is 34.3 Å². The summed E-state index contributed by atoms with van der Waals surface area (Å²) in [5.41, 5.74) is 0.0480. The lowest BCUT2D eigenvalue weighted by Gasteiger charge is -2.38. The average Bonchev–Trinajstić information content (AvgIpc) is 3.62. The number of nitrogens with one attached hydrogen (secondary N) is 3. The maximum atomic E-state index is 14.7. The number of rotatable bonds is 3. The van der Waals surface area contributed by atoms with Crippen LogP contribution in [0, 0.1) is 11.1 Å². The van der Waals surface area contributed by atoms with E-state index < -0.39 is 27.9 Å². The number of fused-ring (bicyclic) bond motifs is 7. The molecule has 1 unspecified atom stereocenters. The van der Waals surface area contributed by atoms with Gasteiger partial charge >= 0.3 is 0 Å². The van der Waals surface area contributed by atoms with Crippen molar-refractivity contribution in [2.24, 2.45) is 5.92 Å². The van der Waals surface area contributed by atoms with Gasteiger partial charge in [-0.1, -0.05) is 48.5 Å². The van der Waals surface area contributed by atoms with E-state index in [1.54, 1.807) is 6.07 Å². The first-order valence-electron chi connectivity index (χ1n) is 12.4. The predicted molar refractivity (Wildman–Crippen MR) is 133 cm³/mol. The van der Waals surface area contributed by atoms with Crippen molar-refractivity contribution in [1.29, 1.82) is 0 Å². The maximum absolute atomic E-state index is 14.7. The van der Waals surface area contributed by atoms with E-state index in [2.05, 4.69) is 15.5 Å². The van der Waals surface area contributed by atoms with E-state index >= 15 is 0 Å². The minimum atomic E-state index is -1.41. The molecule has 2 amide bonds. The molecule has 0 saturated carbocycles. The minimum absolute atomic E-state index is 0.0278. The molecule has 0 aliphatic carbocycles. The molecule has 7 rings (SSSR count). The minimum Gasteiger partial charge on any atom is -0.595 e. The molecule has 4 heterocycles. The van der Waals surface area contributed by atoms with Crippen LogP contribution in [0.5, 0.6) is 0 Å². The number of benzene rings is 3. The van der Waals surface area contributed by atoms with Crippen LogP contribution in [0.2, 0.25) is 0 Å². The van der Waals surface area contributed by atoms with Gasteiger partial charge in [-0.15, -0.1) is 0 Å². The summed E-state index contributed by atoms with van der Waals surface area (Å²) in [6.45, 7) is 0.558. The average molecular weight is 497 g/mol. The number of hydrogen-bond acceptors (Lipinski definition) is 6. The van der Waals surface area contributed by atoms with Gasteiger partial charge in [0.1, 0.15) is 11.0 Å². The Morgan fingerprint density at radius 2 is 1.62 bits per heavy atom. The number of carbonyl (C=O) groups excluding carboxylic acids is 3. The van der Waals surface area contributed by atoms with Gasteiger partial charge in [0.25, 0.3) is 0 Å². The number of quaternary nitrogens is 1. The third kappa shape index (κ3) is 2.59. The second-order valence-corrected chi connectivity index (χ2v) is 10.2. The zero-order valence-corrected chi connectivity index (χ0v) is 19.7. The number of ketones is 1. The van der Waals surface area contributed by atoms with Crippen LogP contribution in [-0.2, 0) is 20.5 Å². The van der Waals surface area contributed by atoms with Gasteiger partial charge in [0, 0.05) is 40.7 Å². The number of carbonyl (C=O) groups is 3. The quantitative estimate of drug-likeness (QED) is 0.325. The van der Waals surface area contributed by atoms with Crippen LogP contribution < -0.4 is 15.9 Å². The summed E-state index contributed by atoms with van der Waals surface area (Å²) < 4.78 is 0. The summed E-state index contributed by atoms with van der Waals surface area (Å²) in [7, 11) is 0. The van der Waals surface area contributed by atoms with Crippen LogP contribution in [0.4, 0.5) is 17.1 Å². The van der Waals surface area contributed by atoms with Gasteiger partial charge in [0.15, 0.2) is 11.5 Å². The van der Waals surface area contributed by atoms with E-state index in [1.165, 1.54) is 18.2 Å². The summed E-state index contributed by atoms with van der Waals surface area (Å²) in [6, 6.07) is 20.2. The van der Waals surface area contributed by atoms with Gasteiger partial charge in [-0.05, 0) is 37.1 Å². The number of anilines is 2. The first kappa shape index (κ1) is 22.3. The highest BCUT2D eigenvalue weighted by atomic mass is 16.8. The molecule has 37 heavy (non-hydrogen) atoms. The first-order valence-corrected chi connectivity index (χ1v) is 12.4. The largest absolute Gasteiger partial charge is 0.595 e. The standard InChI is InChI=1S/C28H24N4O5/c33-23(16-7-5-8-17(15-16)32(36)37)24-27(18-9-1-3-11-20(18)29-25(27)34)22-13-6-14-31(22)28(24)19-10-2-4-12-21(19)30-26(28)35/h1-5,7-12,15,22,24,32,36H,6,13-14H2,(H,29,34)(H,30,35)/t22-,24+,27+,28-/m1/s1. The fourth-order valence-corrected chi connectivity index (χ4v) is 7.47. The molecule has 2 spiro atoms. The van der Waals surface area contributed by atoms with E-state index in [0.29, 0.717) is 35.5 Å². The molecule has 9 nitrogen and oxygen atoms in total. The van der Waals surface area contributed by atoms with Crippen LogP contribution in [0.25, 0.3) is 0 Å². The zero-order chi connectivity index (χ0) is 25.5. The van der Waals surface area contributed by atoms with Gasteiger partial charge in [0.05, 0.1) is 5.92 Å². The van der Waals surface area contributed by atoms with Crippen molar-refractivity contribution in [3.63, 3.8) is 0 Å². The predicted octanol–water partition coefficient (Wildman–Crippen LogP) is 2.10. The summed E-state index contributed by atoms with van der Waals surface area (Å²) in [4.78, 5) is 45.1. The Kier molecular flexibility index (Phi) is 4.56. The summed E-state index contributed by atoms with van der Waals surface area (Å²) in [5.74, 6) is -2.16. The molecule has 4 aliphatic heterocycles. The van der Waals surface area contributed by atoms with Gasteiger partial charge in [-0.25, -0.2) is 5.21 Å². The van der Waals surface area contributed by atoms with Gasteiger partial charge in [-0.3, -0.25) is 19.3 Å². The molecule has 2 saturated heterocycles. The van der Waals surface area contributed by atoms with E-state index in [0.717, 1.165) is 6.42 Å². The molecular formula is C28H24N4O5. The maximum Gasteiger partial charge on any atom is 0.250 e. The van der Waals surface area contributed by atoms with Crippen molar-refractivity contribution >= 4 is 34.7 Å². The fraction of sp³-hybridized carbons (Fsp3) is 0.250. The van der Waals surface area contributed by atoms with Crippen LogP contribution >= 0.6 is 0 Å². The second kappa shape index (κ2) is 7.56. The Morgan fingerprint density at radius 3 is 2.38 bits per heavy atom. The highest BCUT2D eigenvalue weighted by Crippen LogP contribution is 2.66. The SMILES string of the molecule is O=C(c1cccc([NH+]([O-])O)c1)[C@H]1[C@@]2(C(=O)Nc3ccccc32)[C@H]2CCCN2[C@@]12C(=O)Nc1ccccc12. The number of nitrogens with zero attached hydrogens (tertiary/aromatic N) is 1. The van der Waals surface area contributed by atoms with Gasteiger partial charge in [-0.2, -0.15) is 5.23 Å². The fourth-order valence-electron chi connectivity index (χ4n) is 7.47. The Bertz CT molecular complexity index is 1430. The molecule has 0 bridgehead atoms. The van der Waals surface area contributed by atoms with Gasteiger partial charge in [0.2, 0.25) is 11.8 Å². The Labute approximate surface area is 212 Å². The summed E-state index contributed by atoms with van der Waals surface area (Å²) >= 11 is 0. The van der Waals surface area contributed by atoms with Crippen molar-refractivity contribution in [2.75, 3.05) is 17.2 Å². The highest BCUT2D eigenvalue weighted by molar-refractivity contribution is 6.18. The molecule has 4 N–H and O–H groups in total. The Balaban J connectivity index is 1.56. The molecule has 3 aromatic rings. The monoisotopic (exact) mass is 496 g/mol. The molecule has 9 heteroatoms. The Morgan fingerprint density at radius 1 is 0.946 bits per heavy atom. The van der Waals surface area contributed by atoms with E-state index in [1.807, 2.05) is 48.5 Å². The second-order valence-electron chi connectivity index (χ2n) is 10.2. The lowest BCUT2D eigenvalue weighted by atomic mass is 9.60. The van der Waals surface area contributed by atoms with Gasteiger partial charge < -0.3 is 15.8 Å². The number of para-hydroxylation sites is 2. The van der Waals surface area contributed by atoms with E-state index in [9.17, 15) is 24.8 Å². The number of hydrogen-bond donors (Lipinski definition) is 4. The smallest absolute Gasteiger partial charge is 0.250 e. The van der Waals surface area contributed by atoms with E-state index in [4.69, 9.17) is 0 Å². The lowest BCUT2D eigenvalue weighted by molar-refractivity contribution is -0.991. The van der Waals surface area contributed by atoms with Crippen molar-refractivity contribution in [2.45, 2.75) is 29.8 Å². The molecule has 4 aliphatic rings. The third-order valence-corrected chi connectivity index (χ3v) is 8.69. The third-order valence-electron chi connectivity index (χ3n) is 8.69. The molecule has 0 aromatic heterocycles. The van der Waals surface area contributed by atoms with Crippen LogP contribution in [0.3, 0.4) is 0 Å². The van der Waals surface area contributed by atoms with Crippen molar-refractivity contribution in [3.05, 3.63) is 94.7 Å². The van der Waals surface area contributed by atoms with Crippen molar-refractivity contribution < 1.29 is 24.8 Å². The van der Waals surface area contributed by atoms with Crippen molar-refractivity contribution in [3.8, 4) is 0 Å². The first-order chi connectivity index (χ1) is 17.9. The highest BCUT2D eigenvalue weighted by Gasteiger charge is 2.78. The topological polar surface area (TPSA) is 126 Å². The molecule has 3 aromatic carbocycles. The number of amides is 2. The van der Waals surface area contributed by atoms with Crippen molar-refractivity contribution in [1.82, 2.24) is 4.90 Å². The van der Waals surface area contributed by atoms with Crippen LogP contribution in [-0.4, -0.2) is 40.3 Å². The zero-order valence-electron chi connectivity index (χ0n) is 19.7. The lowest BCUT2D eigenvalue weighted by Crippen LogP contribution is -2.99. The van der Waals surface area contributed by atoms with E-state index in [-0.39, 0.29) is 29.1 Å². The Hall–Kier alpha value is -3.89. The van der Waals surface area contributed by atoms with Crippen LogP contribution in [0.15, 0.2) is 72.8 Å². The molecule has 0 radical (unpaired) electrons. The molecular weight excluding hydrogens is 472 g/mol. The summed E-state index contributed by atoms with van der Waals surface area (Å²) in [6.07, 6.45) is 1.44. The number of Topliss-reactive ketones (excluding diaryl/α,β-unsaturated/α-hetero) is 1. The molecule has 186 valence electrons. The normalized spacial score (nSPS) is 30.2.